The topological polar surface area (TPSA) is 140 Å². The lowest BCUT2D eigenvalue weighted by molar-refractivity contribution is -0.148. The molecule has 3 unspecified atom stereocenters. The van der Waals surface area contributed by atoms with E-state index in [2.05, 4.69) is 0 Å². The number of aliphatic hydroxyl groups is 3. The Balaban J connectivity index is 1.66. The van der Waals surface area contributed by atoms with Gasteiger partial charge < -0.3 is 28.9 Å². The van der Waals surface area contributed by atoms with Crippen LogP contribution in [-0.4, -0.2) is 49.5 Å². The molecule has 0 bridgehead atoms. The number of thioether (sulfide) groups is 3. The van der Waals surface area contributed by atoms with Crippen molar-refractivity contribution in [2.45, 2.75) is 31.0 Å². The van der Waals surface area contributed by atoms with Crippen LogP contribution in [0.4, 0.5) is 0 Å². The lowest BCUT2D eigenvalue weighted by atomic mass is 10.4. The first-order chi connectivity index (χ1) is 17.8. The van der Waals surface area contributed by atoms with Crippen molar-refractivity contribution in [2.24, 2.45) is 0 Å². The Kier molecular flexibility index (Phi) is 11.7. The van der Waals surface area contributed by atoms with Crippen LogP contribution >= 0.6 is 43.9 Å². The molecule has 194 valence electrons. The van der Waals surface area contributed by atoms with Gasteiger partial charge in [-0.2, -0.15) is 0 Å². The van der Waals surface area contributed by atoms with Crippen LogP contribution in [0.1, 0.15) is 0 Å². The first-order valence-electron chi connectivity index (χ1n) is 10.5. The number of hydrogen-bond donors (Lipinski definition) is 3. The SMILES string of the molecule is O=C(OP(OC(=O)C(O)Sc1ccccc1)OC(=O)C(O)Sc1ccccc1)C(O)Sc1ccccc1. The molecule has 0 heterocycles. The van der Waals surface area contributed by atoms with E-state index in [-0.39, 0.29) is 0 Å². The van der Waals surface area contributed by atoms with Crippen LogP contribution in [0.2, 0.25) is 0 Å². The molecular formula is C24H21O9PS3. The van der Waals surface area contributed by atoms with E-state index >= 15 is 0 Å². The highest BCUT2D eigenvalue weighted by molar-refractivity contribution is 8.01. The highest BCUT2D eigenvalue weighted by atomic mass is 32.2. The van der Waals surface area contributed by atoms with Gasteiger partial charge in [0.1, 0.15) is 0 Å². The second-order valence-corrected chi connectivity index (χ2v) is 11.3. The van der Waals surface area contributed by atoms with E-state index in [1.54, 1.807) is 91.0 Å². The van der Waals surface area contributed by atoms with Gasteiger partial charge in [-0.1, -0.05) is 89.9 Å². The van der Waals surface area contributed by atoms with Gasteiger partial charge in [-0.3, -0.25) is 0 Å². The zero-order valence-corrected chi connectivity index (χ0v) is 22.2. The largest absolute Gasteiger partial charge is 0.537 e. The van der Waals surface area contributed by atoms with Crippen LogP contribution in [0.25, 0.3) is 0 Å². The molecule has 3 atom stereocenters. The summed E-state index contributed by atoms with van der Waals surface area (Å²) in [6.07, 6.45) is 0. The maximum Gasteiger partial charge on any atom is 0.537 e. The molecule has 0 aromatic heterocycles. The Morgan fingerprint density at radius 2 is 0.757 bits per heavy atom. The summed E-state index contributed by atoms with van der Waals surface area (Å²) in [6.45, 7) is 0. The fourth-order valence-corrected chi connectivity index (χ4v) is 5.66. The van der Waals surface area contributed by atoms with Crippen LogP contribution in [0, 0.1) is 0 Å². The molecule has 0 radical (unpaired) electrons. The average molecular weight is 581 g/mol. The van der Waals surface area contributed by atoms with Crippen molar-refractivity contribution in [3.8, 4) is 0 Å². The second-order valence-electron chi connectivity index (χ2n) is 6.80. The minimum Gasteiger partial charge on any atom is -0.372 e. The van der Waals surface area contributed by atoms with Crippen molar-refractivity contribution < 1.29 is 43.3 Å². The zero-order chi connectivity index (χ0) is 26.6. The van der Waals surface area contributed by atoms with E-state index < -0.39 is 42.8 Å². The smallest absolute Gasteiger partial charge is 0.372 e. The number of hydrogen-bond acceptors (Lipinski definition) is 12. The Hall–Kier alpha value is -2.57. The minimum absolute atomic E-state index is 0.551. The molecule has 3 aromatic rings. The van der Waals surface area contributed by atoms with E-state index in [9.17, 15) is 29.7 Å². The lowest BCUT2D eigenvalue weighted by Gasteiger charge is -2.19. The van der Waals surface area contributed by atoms with Gasteiger partial charge in [0.25, 0.3) is 0 Å². The zero-order valence-electron chi connectivity index (χ0n) is 18.9. The number of benzene rings is 3. The number of carbonyl (C=O) groups is 3. The van der Waals surface area contributed by atoms with Crippen molar-refractivity contribution in [3.63, 3.8) is 0 Å². The van der Waals surface area contributed by atoms with Gasteiger partial charge in [0.15, 0.2) is 0 Å². The van der Waals surface area contributed by atoms with Gasteiger partial charge in [0, 0.05) is 14.7 Å². The molecule has 3 N–H and O–H groups in total. The Bertz CT molecular complexity index is 1010. The summed E-state index contributed by atoms with van der Waals surface area (Å²) in [7, 11) is -3.07. The third kappa shape index (κ3) is 10.0. The molecule has 0 aliphatic rings. The number of rotatable bonds is 12. The lowest BCUT2D eigenvalue weighted by Crippen LogP contribution is -2.25. The maximum atomic E-state index is 12.4. The van der Waals surface area contributed by atoms with Crippen LogP contribution in [0.15, 0.2) is 106 Å². The summed E-state index contributed by atoms with van der Waals surface area (Å²) in [5.41, 5.74) is -5.22. The summed E-state index contributed by atoms with van der Waals surface area (Å²) in [4.78, 5) is 39.0. The Morgan fingerprint density at radius 3 is 1.00 bits per heavy atom. The number of aliphatic hydroxyl groups excluding tert-OH is 3. The van der Waals surface area contributed by atoms with Crippen molar-refractivity contribution in [2.75, 3.05) is 0 Å². The molecule has 0 saturated carbocycles. The summed E-state index contributed by atoms with van der Waals surface area (Å²) in [5.74, 6) is -3.76. The molecule has 0 amide bonds. The van der Waals surface area contributed by atoms with Crippen LogP contribution in [0.3, 0.4) is 0 Å². The van der Waals surface area contributed by atoms with Crippen LogP contribution in [0.5, 0.6) is 0 Å². The van der Waals surface area contributed by atoms with Crippen molar-refractivity contribution in [1.82, 2.24) is 0 Å². The third-order valence-corrected chi connectivity index (χ3v) is 7.94. The Labute approximate surface area is 226 Å². The third-order valence-electron chi connectivity index (χ3n) is 4.07. The van der Waals surface area contributed by atoms with Gasteiger partial charge in [-0.05, 0) is 36.4 Å². The first-order valence-corrected chi connectivity index (χ1v) is 14.2. The summed E-state index contributed by atoms with van der Waals surface area (Å²) in [6, 6.07) is 25.4. The molecule has 0 spiro atoms. The van der Waals surface area contributed by atoms with E-state index in [1.165, 1.54) is 0 Å². The van der Waals surface area contributed by atoms with Crippen LogP contribution < -0.4 is 0 Å². The highest BCUT2D eigenvalue weighted by Gasteiger charge is 2.35. The molecule has 3 aromatic carbocycles. The summed E-state index contributed by atoms with van der Waals surface area (Å²) < 4.78 is 14.9. The fourth-order valence-electron chi connectivity index (χ4n) is 2.44. The highest BCUT2D eigenvalue weighted by Crippen LogP contribution is 2.43. The molecule has 0 saturated heterocycles. The minimum atomic E-state index is -3.07. The van der Waals surface area contributed by atoms with Crippen molar-refractivity contribution in [1.29, 1.82) is 0 Å². The molecule has 3 rings (SSSR count). The van der Waals surface area contributed by atoms with Crippen LogP contribution in [-0.2, 0) is 28.0 Å². The average Bonchev–Trinajstić information content (AvgIpc) is 2.90. The monoisotopic (exact) mass is 580 g/mol. The normalized spacial score (nSPS) is 14.0. The molecule has 13 heteroatoms. The van der Waals surface area contributed by atoms with E-state index in [1.807, 2.05) is 0 Å². The van der Waals surface area contributed by atoms with Gasteiger partial charge in [0.2, 0.25) is 16.3 Å². The Morgan fingerprint density at radius 1 is 0.514 bits per heavy atom. The summed E-state index contributed by atoms with van der Waals surface area (Å²) >= 11 is 2.25. The standard InChI is InChI=1S/C24H21O9PS3/c25-19(22(28)35-16-10-4-1-5-11-16)31-34(32-20(26)23(29)36-17-12-6-2-7-13-17)33-21(27)24(30)37-18-14-8-3-9-15-18/h1-15,22-24,28-30H. The molecule has 0 fully saturated rings. The van der Waals surface area contributed by atoms with Gasteiger partial charge in [0.05, 0.1) is 0 Å². The van der Waals surface area contributed by atoms with E-state index in [0.29, 0.717) is 14.7 Å². The fraction of sp³-hybridized carbons (Fsp3) is 0.125. The van der Waals surface area contributed by atoms with E-state index in [0.717, 1.165) is 35.3 Å². The molecular weight excluding hydrogens is 559 g/mol. The van der Waals surface area contributed by atoms with Gasteiger partial charge in [-0.25, -0.2) is 14.4 Å². The van der Waals surface area contributed by atoms with Crippen molar-refractivity contribution in [3.05, 3.63) is 91.0 Å². The molecule has 9 nitrogen and oxygen atoms in total. The maximum absolute atomic E-state index is 12.4. The number of carbonyl (C=O) groups excluding carboxylic acids is 3. The summed E-state index contributed by atoms with van der Waals surface area (Å²) in [5, 5.41) is 30.6. The van der Waals surface area contributed by atoms with Gasteiger partial charge >= 0.3 is 26.5 Å². The second kappa shape index (κ2) is 15.0. The predicted octanol–water partition coefficient (Wildman–Crippen LogP) is 4.18. The molecule has 0 aliphatic carbocycles. The quantitative estimate of drug-likeness (QED) is 0.161. The molecule has 37 heavy (non-hydrogen) atoms. The molecule has 0 aliphatic heterocycles. The first kappa shape index (κ1) is 29.0. The predicted molar refractivity (Wildman–Crippen MR) is 140 cm³/mol. The van der Waals surface area contributed by atoms with Gasteiger partial charge in [-0.15, -0.1) is 0 Å². The van der Waals surface area contributed by atoms with Crippen molar-refractivity contribution >= 4 is 61.8 Å². The van der Waals surface area contributed by atoms with E-state index in [4.69, 9.17) is 13.6 Å².